The second-order valence-corrected chi connectivity index (χ2v) is 8.88. The highest BCUT2D eigenvalue weighted by Gasteiger charge is 2.24. The summed E-state index contributed by atoms with van der Waals surface area (Å²) in [5.74, 6) is 0.676. The van der Waals surface area contributed by atoms with Gasteiger partial charge in [-0.2, -0.15) is 0 Å². The van der Waals surface area contributed by atoms with Crippen LogP contribution in [-0.2, 0) is 17.7 Å². The normalized spacial score (nSPS) is 14.9. The van der Waals surface area contributed by atoms with E-state index in [1.807, 2.05) is 41.3 Å². The molecule has 0 N–H and O–H groups in total. The molecule has 1 amide bonds. The van der Waals surface area contributed by atoms with Crippen LogP contribution in [0.1, 0.15) is 34.5 Å². The van der Waals surface area contributed by atoms with Crippen LogP contribution in [0.15, 0.2) is 60.7 Å². The first kappa shape index (κ1) is 22.4. The quantitative estimate of drug-likeness (QED) is 0.530. The molecule has 1 aromatic heterocycles. The van der Waals surface area contributed by atoms with Gasteiger partial charge in [-0.25, -0.2) is 4.98 Å². The van der Waals surface area contributed by atoms with Gasteiger partial charge < -0.3 is 9.64 Å². The zero-order valence-electron chi connectivity index (χ0n) is 19.2. The highest BCUT2D eigenvalue weighted by atomic mass is 16.5. The molecule has 1 aliphatic heterocycles. The summed E-state index contributed by atoms with van der Waals surface area (Å²) in [7, 11) is 3.86. The molecule has 0 saturated carbocycles. The highest BCUT2D eigenvalue weighted by Crippen LogP contribution is 2.23. The molecule has 32 heavy (non-hydrogen) atoms. The van der Waals surface area contributed by atoms with E-state index < -0.39 is 0 Å². The van der Waals surface area contributed by atoms with Crippen molar-refractivity contribution in [2.24, 2.45) is 5.92 Å². The Bertz CT molecular complexity index is 1030. The van der Waals surface area contributed by atoms with E-state index in [1.54, 1.807) is 7.11 Å². The Labute approximate surface area is 191 Å². The van der Waals surface area contributed by atoms with E-state index in [2.05, 4.69) is 41.2 Å². The Kier molecular flexibility index (Phi) is 7.51. The molecule has 0 aliphatic carbocycles. The average Bonchev–Trinajstić information content (AvgIpc) is 2.83. The molecule has 0 radical (unpaired) electrons. The third-order valence-electron chi connectivity index (χ3n) is 6.40. The van der Waals surface area contributed by atoms with Gasteiger partial charge in [-0.05, 0) is 55.5 Å². The van der Waals surface area contributed by atoms with Crippen LogP contribution in [0.2, 0.25) is 0 Å². The van der Waals surface area contributed by atoms with Crippen molar-refractivity contribution in [2.75, 3.05) is 40.4 Å². The first-order valence-electron chi connectivity index (χ1n) is 11.5. The SMILES string of the molecule is COCCN(C)Cc1ccc(CC2CCN(C(=O)c3ccc4ccccc4n3)CC2)cc1. The van der Waals surface area contributed by atoms with Crippen LogP contribution in [0.5, 0.6) is 0 Å². The third kappa shape index (κ3) is 5.72. The number of para-hydroxylation sites is 1. The summed E-state index contributed by atoms with van der Waals surface area (Å²) in [6.45, 7) is 4.24. The van der Waals surface area contributed by atoms with Gasteiger partial charge in [-0.3, -0.25) is 9.69 Å². The number of likely N-dealkylation sites (N-methyl/N-ethyl adjacent to an activating group) is 1. The van der Waals surface area contributed by atoms with E-state index in [4.69, 9.17) is 4.74 Å². The Balaban J connectivity index is 1.27. The predicted octanol–water partition coefficient (Wildman–Crippen LogP) is 4.41. The number of nitrogens with zero attached hydrogens (tertiary/aromatic N) is 3. The lowest BCUT2D eigenvalue weighted by Gasteiger charge is -2.32. The van der Waals surface area contributed by atoms with Gasteiger partial charge in [0.05, 0.1) is 12.1 Å². The van der Waals surface area contributed by atoms with Crippen molar-refractivity contribution < 1.29 is 9.53 Å². The number of ether oxygens (including phenoxy) is 1. The molecule has 5 heteroatoms. The maximum Gasteiger partial charge on any atom is 0.272 e. The van der Waals surface area contributed by atoms with Crippen molar-refractivity contribution in [3.63, 3.8) is 0 Å². The zero-order chi connectivity index (χ0) is 22.3. The van der Waals surface area contributed by atoms with Crippen LogP contribution in [0.3, 0.4) is 0 Å². The Morgan fingerprint density at radius 1 is 1.03 bits per heavy atom. The van der Waals surface area contributed by atoms with Crippen molar-refractivity contribution in [3.8, 4) is 0 Å². The smallest absolute Gasteiger partial charge is 0.272 e. The molecule has 1 aliphatic rings. The Hall–Kier alpha value is -2.76. The van der Waals surface area contributed by atoms with Gasteiger partial charge in [0.15, 0.2) is 0 Å². The molecule has 3 aromatic rings. The minimum Gasteiger partial charge on any atom is -0.383 e. The van der Waals surface area contributed by atoms with Gasteiger partial charge in [-0.15, -0.1) is 0 Å². The predicted molar refractivity (Wildman–Crippen MR) is 129 cm³/mol. The van der Waals surface area contributed by atoms with Crippen molar-refractivity contribution in [3.05, 3.63) is 77.5 Å². The number of piperidine rings is 1. The summed E-state index contributed by atoms with van der Waals surface area (Å²) in [5, 5.41) is 1.07. The topological polar surface area (TPSA) is 45.7 Å². The summed E-state index contributed by atoms with van der Waals surface area (Å²) in [6.07, 6.45) is 3.16. The van der Waals surface area contributed by atoms with Crippen molar-refractivity contribution >= 4 is 16.8 Å². The molecule has 0 spiro atoms. The number of likely N-dealkylation sites (tertiary alicyclic amines) is 1. The number of carbonyl (C=O) groups is 1. The molecule has 168 valence electrons. The summed E-state index contributed by atoms with van der Waals surface area (Å²) in [4.78, 5) is 21.8. The largest absolute Gasteiger partial charge is 0.383 e. The first-order valence-corrected chi connectivity index (χ1v) is 11.5. The van der Waals surface area contributed by atoms with E-state index in [-0.39, 0.29) is 5.91 Å². The number of aromatic nitrogens is 1. The molecule has 5 nitrogen and oxygen atoms in total. The number of benzene rings is 2. The van der Waals surface area contributed by atoms with Crippen LogP contribution in [0.25, 0.3) is 10.9 Å². The van der Waals surface area contributed by atoms with Crippen molar-refractivity contribution in [1.29, 1.82) is 0 Å². The second kappa shape index (κ2) is 10.7. The molecule has 1 fully saturated rings. The van der Waals surface area contributed by atoms with Crippen molar-refractivity contribution in [2.45, 2.75) is 25.8 Å². The van der Waals surface area contributed by atoms with Gasteiger partial charge in [0.25, 0.3) is 5.91 Å². The maximum absolute atomic E-state index is 13.0. The van der Waals surface area contributed by atoms with Crippen LogP contribution >= 0.6 is 0 Å². The van der Waals surface area contributed by atoms with Gasteiger partial charge in [0.1, 0.15) is 5.69 Å². The van der Waals surface area contributed by atoms with Gasteiger partial charge in [0, 0.05) is 38.7 Å². The Morgan fingerprint density at radius 3 is 2.50 bits per heavy atom. The Morgan fingerprint density at radius 2 is 1.75 bits per heavy atom. The van der Waals surface area contributed by atoms with Crippen LogP contribution in [0.4, 0.5) is 0 Å². The lowest BCUT2D eigenvalue weighted by Crippen LogP contribution is -2.39. The maximum atomic E-state index is 13.0. The third-order valence-corrected chi connectivity index (χ3v) is 6.40. The fourth-order valence-corrected chi connectivity index (χ4v) is 4.44. The monoisotopic (exact) mass is 431 g/mol. The first-order chi connectivity index (χ1) is 15.6. The van der Waals surface area contributed by atoms with Gasteiger partial charge in [0.2, 0.25) is 0 Å². The van der Waals surface area contributed by atoms with Crippen LogP contribution < -0.4 is 0 Å². The number of pyridine rings is 1. The van der Waals surface area contributed by atoms with E-state index in [9.17, 15) is 4.79 Å². The molecule has 0 unspecified atom stereocenters. The number of methoxy groups -OCH3 is 1. The van der Waals surface area contributed by atoms with Gasteiger partial charge >= 0.3 is 0 Å². The zero-order valence-corrected chi connectivity index (χ0v) is 19.2. The van der Waals surface area contributed by atoms with E-state index >= 15 is 0 Å². The molecule has 1 saturated heterocycles. The fraction of sp³-hybridized carbons (Fsp3) is 0.407. The molecule has 4 rings (SSSR count). The number of hydrogen-bond acceptors (Lipinski definition) is 4. The van der Waals surface area contributed by atoms with Crippen molar-refractivity contribution in [1.82, 2.24) is 14.8 Å². The van der Waals surface area contributed by atoms with E-state index in [0.717, 1.165) is 63.0 Å². The summed E-state index contributed by atoms with van der Waals surface area (Å²) < 4.78 is 5.15. The minimum atomic E-state index is 0.0520. The summed E-state index contributed by atoms with van der Waals surface area (Å²) in [5.41, 5.74) is 4.14. The molecule has 0 atom stereocenters. The average molecular weight is 432 g/mol. The molecular weight excluding hydrogens is 398 g/mol. The molecule has 2 heterocycles. The van der Waals surface area contributed by atoms with E-state index in [0.29, 0.717) is 11.6 Å². The fourth-order valence-electron chi connectivity index (χ4n) is 4.44. The lowest BCUT2D eigenvalue weighted by molar-refractivity contribution is 0.0685. The van der Waals surface area contributed by atoms with E-state index in [1.165, 1.54) is 11.1 Å². The highest BCUT2D eigenvalue weighted by molar-refractivity contribution is 5.94. The summed E-state index contributed by atoms with van der Waals surface area (Å²) >= 11 is 0. The number of fused-ring (bicyclic) bond motifs is 1. The lowest BCUT2D eigenvalue weighted by atomic mass is 9.90. The van der Waals surface area contributed by atoms with Gasteiger partial charge in [-0.1, -0.05) is 48.5 Å². The number of carbonyl (C=O) groups excluding carboxylic acids is 1. The second-order valence-electron chi connectivity index (χ2n) is 8.88. The standard InChI is InChI=1S/C27H33N3O2/c1-29(17-18-32-2)20-23-9-7-21(8-10-23)19-22-13-15-30(16-14-22)27(31)26-12-11-24-5-3-4-6-25(24)28-26/h3-12,22H,13-20H2,1-2H3. The summed E-state index contributed by atoms with van der Waals surface area (Å²) in [6, 6.07) is 20.8. The van der Waals surface area contributed by atoms with Crippen LogP contribution in [-0.4, -0.2) is 61.1 Å². The minimum absolute atomic E-state index is 0.0520. The molecule has 2 aromatic carbocycles. The van der Waals surface area contributed by atoms with Crippen LogP contribution in [0, 0.1) is 5.92 Å². The number of amides is 1. The number of hydrogen-bond donors (Lipinski definition) is 0. The molecular formula is C27H33N3O2. The number of rotatable bonds is 8. The molecule has 0 bridgehead atoms.